The van der Waals surface area contributed by atoms with Crippen molar-refractivity contribution in [2.75, 3.05) is 39.5 Å². The van der Waals surface area contributed by atoms with Crippen LogP contribution >= 0.6 is 0 Å². The smallest absolute Gasteiger partial charge is 0.251 e. The Morgan fingerprint density at radius 2 is 1.76 bits per heavy atom. The number of benzene rings is 1. The van der Waals surface area contributed by atoms with Gasteiger partial charge in [0, 0.05) is 12.1 Å². The van der Waals surface area contributed by atoms with Crippen molar-refractivity contribution in [2.24, 2.45) is 5.92 Å². The van der Waals surface area contributed by atoms with E-state index in [4.69, 9.17) is 14.2 Å². The number of ether oxygens (including phenoxy) is 3. The minimum atomic E-state index is -0.115. The third-order valence-electron chi connectivity index (χ3n) is 4.17. The number of hydrogen-bond acceptors (Lipinski definition) is 5. The van der Waals surface area contributed by atoms with Gasteiger partial charge in [0.2, 0.25) is 5.75 Å². The van der Waals surface area contributed by atoms with Crippen LogP contribution in [0.3, 0.4) is 0 Å². The summed E-state index contributed by atoms with van der Waals surface area (Å²) in [5.74, 6) is 2.18. The largest absolute Gasteiger partial charge is 0.490 e. The molecule has 1 saturated heterocycles. The Hall–Kier alpha value is -1.95. The maximum absolute atomic E-state index is 12.5. The minimum Gasteiger partial charge on any atom is -0.490 e. The van der Waals surface area contributed by atoms with Gasteiger partial charge in [-0.1, -0.05) is 0 Å². The number of rotatable bonds is 10. The monoisotopic (exact) mass is 350 g/mol. The predicted molar refractivity (Wildman–Crippen MR) is 97.9 cm³/mol. The highest BCUT2D eigenvalue weighted by atomic mass is 16.5. The minimum absolute atomic E-state index is 0.115. The number of hydrogen-bond donors (Lipinski definition) is 2. The van der Waals surface area contributed by atoms with Crippen LogP contribution in [-0.4, -0.2) is 45.4 Å². The molecule has 1 aromatic carbocycles. The molecule has 1 amide bonds. The number of carbonyl (C=O) groups is 1. The zero-order valence-electron chi connectivity index (χ0n) is 15.5. The lowest BCUT2D eigenvalue weighted by molar-refractivity contribution is 0.0950. The zero-order valence-corrected chi connectivity index (χ0v) is 15.5. The number of amides is 1. The van der Waals surface area contributed by atoms with Gasteiger partial charge in [-0.15, -0.1) is 0 Å². The molecule has 2 rings (SSSR count). The van der Waals surface area contributed by atoms with Crippen molar-refractivity contribution >= 4 is 5.91 Å². The summed E-state index contributed by atoms with van der Waals surface area (Å²) >= 11 is 0. The number of nitrogens with one attached hydrogen (secondary N) is 2. The molecule has 0 spiro atoms. The lowest BCUT2D eigenvalue weighted by Gasteiger charge is -2.17. The average molecular weight is 350 g/mol. The van der Waals surface area contributed by atoms with E-state index in [2.05, 4.69) is 10.6 Å². The first-order valence-electron chi connectivity index (χ1n) is 9.24. The lowest BCUT2D eigenvalue weighted by atomic mass is 10.1. The van der Waals surface area contributed by atoms with Crippen molar-refractivity contribution in [3.63, 3.8) is 0 Å². The Morgan fingerprint density at radius 1 is 1.12 bits per heavy atom. The standard InChI is InChI=1S/C19H30N2O4/c1-4-23-16-11-15(12-17(24-5-2)18(16)25-6-3)19(22)21-10-8-14-7-9-20-13-14/h11-12,14,20H,4-10,13H2,1-3H3,(H,21,22). The molecule has 6 heteroatoms. The molecule has 1 heterocycles. The van der Waals surface area contributed by atoms with E-state index in [1.54, 1.807) is 12.1 Å². The topological polar surface area (TPSA) is 68.8 Å². The zero-order chi connectivity index (χ0) is 18.1. The van der Waals surface area contributed by atoms with E-state index in [-0.39, 0.29) is 5.91 Å². The molecule has 1 atom stereocenters. The summed E-state index contributed by atoms with van der Waals surface area (Å²) in [5, 5.41) is 6.34. The molecule has 0 aliphatic carbocycles. The molecule has 1 aliphatic heterocycles. The van der Waals surface area contributed by atoms with Crippen molar-refractivity contribution in [3.05, 3.63) is 17.7 Å². The van der Waals surface area contributed by atoms with E-state index in [1.165, 1.54) is 6.42 Å². The first-order valence-corrected chi connectivity index (χ1v) is 9.24. The highest BCUT2D eigenvalue weighted by molar-refractivity contribution is 5.95. The number of carbonyl (C=O) groups excluding carboxylic acids is 1. The van der Waals surface area contributed by atoms with Gasteiger partial charge >= 0.3 is 0 Å². The van der Waals surface area contributed by atoms with Gasteiger partial charge in [-0.2, -0.15) is 0 Å². The van der Waals surface area contributed by atoms with Crippen LogP contribution in [0.15, 0.2) is 12.1 Å². The summed E-state index contributed by atoms with van der Waals surface area (Å²) in [6.45, 7) is 9.99. The quantitative estimate of drug-likeness (QED) is 0.679. The van der Waals surface area contributed by atoms with E-state index in [9.17, 15) is 4.79 Å². The summed E-state index contributed by atoms with van der Waals surface area (Å²) in [5.41, 5.74) is 0.528. The molecule has 1 aliphatic rings. The Bertz CT molecular complexity index is 529. The highest BCUT2D eigenvalue weighted by Crippen LogP contribution is 2.39. The summed E-state index contributed by atoms with van der Waals surface area (Å²) in [4.78, 5) is 12.5. The first kappa shape index (κ1) is 19.4. The first-order chi connectivity index (χ1) is 12.2. The molecule has 0 aromatic heterocycles. The molecule has 1 aromatic rings. The molecule has 0 bridgehead atoms. The van der Waals surface area contributed by atoms with Crippen molar-refractivity contribution in [1.82, 2.24) is 10.6 Å². The van der Waals surface area contributed by atoms with Gasteiger partial charge in [-0.3, -0.25) is 4.79 Å². The Kier molecular flexibility index (Phi) is 7.85. The molecule has 1 unspecified atom stereocenters. The molecule has 0 saturated carbocycles. The third-order valence-corrected chi connectivity index (χ3v) is 4.17. The van der Waals surface area contributed by atoms with Crippen LogP contribution in [0, 0.1) is 5.92 Å². The van der Waals surface area contributed by atoms with Crippen LogP contribution in [0.25, 0.3) is 0 Å². The van der Waals surface area contributed by atoms with Gasteiger partial charge in [0.25, 0.3) is 5.91 Å². The summed E-state index contributed by atoms with van der Waals surface area (Å²) in [6, 6.07) is 3.45. The fourth-order valence-corrected chi connectivity index (χ4v) is 2.97. The van der Waals surface area contributed by atoms with Gasteiger partial charge in [0.05, 0.1) is 19.8 Å². The van der Waals surface area contributed by atoms with Crippen LogP contribution in [0.4, 0.5) is 0 Å². The van der Waals surface area contributed by atoms with E-state index in [0.29, 0.717) is 55.1 Å². The molecule has 1 fully saturated rings. The Morgan fingerprint density at radius 3 is 2.28 bits per heavy atom. The van der Waals surface area contributed by atoms with Crippen LogP contribution in [0.5, 0.6) is 17.2 Å². The van der Waals surface area contributed by atoms with E-state index < -0.39 is 0 Å². The second-order valence-electron chi connectivity index (χ2n) is 6.00. The molecular formula is C19H30N2O4. The SMILES string of the molecule is CCOc1cc(C(=O)NCCC2CCNC2)cc(OCC)c1OCC. The summed E-state index contributed by atoms with van der Waals surface area (Å²) in [7, 11) is 0. The van der Waals surface area contributed by atoms with Crippen molar-refractivity contribution in [2.45, 2.75) is 33.6 Å². The highest BCUT2D eigenvalue weighted by Gasteiger charge is 2.19. The Balaban J connectivity index is 2.10. The van der Waals surface area contributed by atoms with Crippen molar-refractivity contribution in [1.29, 1.82) is 0 Å². The van der Waals surface area contributed by atoms with Gasteiger partial charge in [0.1, 0.15) is 0 Å². The third kappa shape index (κ3) is 5.53. The normalized spacial score (nSPS) is 16.5. The van der Waals surface area contributed by atoms with Gasteiger partial charge < -0.3 is 24.8 Å². The van der Waals surface area contributed by atoms with Crippen molar-refractivity contribution < 1.29 is 19.0 Å². The molecular weight excluding hydrogens is 320 g/mol. The van der Waals surface area contributed by atoms with Gasteiger partial charge in [-0.25, -0.2) is 0 Å². The van der Waals surface area contributed by atoms with E-state index >= 15 is 0 Å². The molecule has 6 nitrogen and oxygen atoms in total. The second kappa shape index (κ2) is 10.1. The van der Waals surface area contributed by atoms with Crippen LogP contribution in [0.1, 0.15) is 44.0 Å². The van der Waals surface area contributed by atoms with E-state index in [0.717, 1.165) is 19.5 Å². The van der Waals surface area contributed by atoms with Crippen LogP contribution in [-0.2, 0) is 0 Å². The van der Waals surface area contributed by atoms with Gasteiger partial charge in [-0.05, 0) is 64.8 Å². The van der Waals surface area contributed by atoms with E-state index in [1.807, 2.05) is 20.8 Å². The van der Waals surface area contributed by atoms with Crippen molar-refractivity contribution in [3.8, 4) is 17.2 Å². The fraction of sp³-hybridized carbons (Fsp3) is 0.632. The lowest BCUT2D eigenvalue weighted by Crippen LogP contribution is -2.26. The summed E-state index contributed by atoms with van der Waals surface area (Å²) < 4.78 is 17.0. The Labute approximate surface area is 150 Å². The molecule has 0 radical (unpaired) electrons. The maximum atomic E-state index is 12.5. The van der Waals surface area contributed by atoms with Gasteiger partial charge in [0.15, 0.2) is 11.5 Å². The summed E-state index contributed by atoms with van der Waals surface area (Å²) in [6.07, 6.45) is 2.17. The maximum Gasteiger partial charge on any atom is 0.251 e. The molecule has 25 heavy (non-hydrogen) atoms. The predicted octanol–water partition coefficient (Wildman–Crippen LogP) is 2.61. The molecule has 2 N–H and O–H groups in total. The average Bonchev–Trinajstić information content (AvgIpc) is 3.11. The van der Waals surface area contributed by atoms with Crippen LogP contribution < -0.4 is 24.8 Å². The fourth-order valence-electron chi connectivity index (χ4n) is 2.97. The second-order valence-corrected chi connectivity index (χ2v) is 6.00. The van der Waals surface area contributed by atoms with Crippen LogP contribution in [0.2, 0.25) is 0 Å². The molecule has 140 valence electrons.